The minimum Gasteiger partial charge on any atom is -0.0620 e. The van der Waals surface area contributed by atoms with Crippen molar-refractivity contribution < 1.29 is 44.8 Å². The average Bonchev–Trinajstić information content (AvgIpc) is 2.44. The van der Waals surface area contributed by atoms with Crippen molar-refractivity contribution in [3.8, 4) is 0 Å². The van der Waals surface area contributed by atoms with Gasteiger partial charge >= 0.3 is 44.8 Å². The molecular formula is C84H92Au2P8+10. The Labute approximate surface area is 604 Å². The molecule has 10 heteroatoms. The zero-order chi connectivity index (χ0) is 62.5. The van der Waals surface area contributed by atoms with E-state index in [1.807, 2.05) is 0 Å². The fourth-order valence-corrected chi connectivity index (χ4v) is 41.0. The fourth-order valence-electron chi connectivity index (χ4n) is 13.0. The van der Waals surface area contributed by atoms with Crippen molar-refractivity contribution in [2.45, 2.75) is 0 Å². The number of hydrogen-bond acceptors (Lipinski definition) is 0. The van der Waals surface area contributed by atoms with Gasteiger partial charge in [0.05, 0.1) is 145 Å². The molecule has 0 saturated heterocycles. The maximum absolute atomic E-state index is 2.42. The minimum atomic E-state index is -0.835. The molecule has 480 valence electrons. The van der Waals surface area contributed by atoms with Crippen LogP contribution in [-0.2, 0) is 44.8 Å². The van der Waals surface area contributed by atoms with Crippen molar-refractivity contribution >= 4 is 127 Å². The SMILES string of the molecule is [Au+].[Au+].c1ccc([PH+](CC[PH+](CC[PH+](c2ccccc2)c2ccccc2)c2ccccc2)CC[PH+](c2ccccc2)c2ccccc2)cc1.c1ccc([PH+](CC[PH+](CC[PH+](c2ccccc2)c2ccccc2)c2ccccc2)CC[PH+](c2ccccc2)c2ccccc2)cc1. The smallest absolute Gasteiger partial charge is 0.0620 e. The van der Waals surface area contributed by atoms with Crippen LogP contribution in [0.15, 0.2) is 364 Å². The van der Waals surface area contributed by atoms with Gasteiger partial charge in [0.2, 0.25) is 0 Å². The van der Waals surface area contributed by atoms with Crippen LogP contribution in [0.25, 0.3) is 0 Å². The molecule has 0 N–H and O–H groups in total. The van der Waals surface area contributed by atoms with Crippen LogP contribution in [0.1, 0.15) is 0 Å². The summed E-state index contributed by atoms with van der Waals surface area (Å²) in [7, 11) is -6.20. The van der Waals surface area contributed by atoms with E-state index in [2.05, 4.69) is 364 Å². The molecule has 0 aromatic heterocycles. The van der Waals surface area contributed by atoms with Crippen molar-refractivity contribution in [2.24, 2.45) is 0 Å². The second-order valence-corrected chi connectivity index (χ2v) is 45.3. The third-order valence-electron chi connectivity index (χ3n) is 17.9. The molecule has 0 nitrogen and oxygen atoms in total. The molecule has 12 rings (SSSR count). The van der Waals surface area contributed by atoms with Crippen LogP contribution in [0.2, 0.25) is 0 Å². The Hall–Kier alpha value is -4.44. The number of benzene rings is 12. The van der Waals surface area contributed by atoms with Crippen LogP contribution in [0.4, 0.5) is 0 Å². The van der Waals surface area contributed by atoms with Crippen LogP contribution in [-0.4, -0.2) is 73.9 Å². The molecule has 12 aromatic carbocycles. The molecule has 0 spiro atoms. The fraction of sp³-hybridized carbons (Fsp3) is 0.143. The molecule has 0 aliphatic carbocycles. The Balaban J connectivity index is 0.000000217. The summed E-state index contributed by atoms with van der Waals surface area (Å²) in [5.74, 6) is 0. The predicted molar refractivity (Wildman–Crippen MR) is 438 cm³/mol. The number of rotatable bonds is 30. The summed E-state index contributed by atoms with van der Waals surface area (Å²) < 4.78 is 0. The third-order valence-corrected chi connectivity index (χ3v) is 43.5. The van der Waals surface area contributed by atoms with Crippen molar-refractivity contribution in [3.63, 3.8) is 0 Å². The van der Waals surface area contributed by atoms with Crippen LogP contribution < -0.4 is 63.7 Å². The van der Waals surface area contributed by atoms with Gasteiger partial charge in [-0.2, -0.15) is 0 Å². The van der Waals surface area contributed by atoms with Gasteiger partial charge in [0.1, 0.15) is 24.6 Å². The standard InChI is InChI=1S/2C42H42P4.2Au/c2*1-7-19-37(20-8-1)43(33-35-45(39-23-11-3-12-24-39)40-25-13-4-14-26-40)31-32-44(38-21-9-2-10-22-38)34-36-46(41-27-15-5-16-28-41)42-29-17-6-18-30-42;;/h2*1-30H,31-36H2;;/q;;2*+1/p+8. The van der Waals surface area contributed by atoms with E-state index in [0.29, 0.717) is 0 Å². The summed E-state index contributed by atoms with van der Waals surface area (Å²) in [6, 6.07) is 137. The minimum absolute atomic E-state index is 0. The van der Waals surface area contributed by atoms with Crippen LogP contribution >= 0.6 is 63.4 Å². The van der Waals surface area contributed by atoms with E-state index in [4.69, 9.17) is 0 Å². The molecule has 0 heterocycles. The summed E-state index contributed by atoms with van der Waals surface area (Å²) in [5.41, 5.74) is 0. The van der Waals surface area contributed by atoms with Crippen molar-refractivity contribution in [1.29, 1.82) is 0 Å². The van der Waals surface area contributed by atoms with Crippen molar-refractivity contribution in [1.82, 2.24) is 0 Å². The maximum Gasteiger partial charge on any atom is 1.00 e. The van der Waals surface area contributed by atoms with Gasteiger partial charge in [0.25, 0.3) is 0 Å². The Kier molecular flexibility index (Phi) is 32.8. The van der Waals surface area contributed by atoms with Gasteiger partial charge in [-0.15, -0.1) is 0 Å². The van der Waals surface area contributed by atoms with Gasteiger partial charge in [0.15, 0.2) is 0 Å². The molecule has 4 atom stereocenters. The number of hydrogen-bond donors (Lipinski definition) is 0. The monoisotopic (exact) mass is 1740 g/mol. The molecule has 0 bridgehead atoms. The quantitative estimate of drug-likeness (QED) is 0.0311. The molecular weight excluding hydrogens is 1650 g/mol. The summed E-state index contributed by atoms with van der Waals surface area (Å²) in [6.07, 6.45) is 15.9. The summed E-state index contributed by atoms with van der Waals surface area (Å²) in [6.45, 7) is 0. The molecule has 0 aliphatic rings. The largest absolute Gasteiger partial charge is 1.00 e. The molecule has 0 aliphatic heterocycles. The third kappa shape index (κ3) is 22.8. The summed E-state index contributed by atoms with van der Waals surface area (Å²) in [4.78, 5) is 0. The van der Waals surface area contributed by atoms with Crippen LogP contribution in [0, 0.1) is 0 Å². The van der Waals surface area contributed by atoms with E-state index < -0.39 is 63.4 Å². The molecule has 12 aromatic rings. The van der Waals surface area contributed by atoms with Gasteiger partial charge in [-0.25, -0.2) is 0 Å². The first kappa shape index (κ1) is 73.8. The molecule has 4 unspecified atom stereocenters. The summed E-state index contributed by atoms with van der Waals surface area (Å²) in [5, 5.41) is 18.8. The Morgan fingerprint density at radius 2 is 0.213 bits per heavy atom. The molecule has 0 radical (unpaired) electrons. The molecule has 94 heavy (non-hydrogen) atoms. The second-order valence-electron chi connectivity index (χ2n) is 23.7. The first-order valence-corrected chi connectivity index (χ1v) is 47.7. The van der Waals surface area contributed by atoms with E-state index >= 15 is 0 Å². The topological polar surface area (TPSA) is 0 Å². The molecule has 0 saturated carbocycles. The molecule has 0 amide bonds. The maximum atomic E-state index is 2.42. The first-order valence-electron chi connectivity index (χ1n) is 33.2. The normalized spacial score (nSPS) is 12.4. The van der Waals surface area contributed by atoms with E-state index in [1.165, 1.54) is 73.9 Å². The Morgan fingerprint density at radius 3 is 0.330 bits per heavy atom. The Bertz CT molecular complexity index is 3220. The zero-order valence-electron chi connectivity index (χ0n) is 53.7. The van der Waals surface area contributed by atoms with Gasteiger partial charge < -0.3 is 0 Å². The first-order chi connectivity index (χ1) is 45.7. The van der Waals surface area contributed by atoms with Gasteiger partial charge in [-0.1, -0.05) is 218 Å². The predicted octanol–water partition coefficient (Wildman–Crippen LogP) is 15.6. The van der Waals surface area contributed by atoms with E-state index in [-0.39, 0.29) is 44.8 Å². The van der Waals surface area contributed by atoms with E-state index in [9.17, 15) is 0 Å². The second kappa shape index (κ2) is 41.7. The van der Waals surface area contributed by atoms with Crippen LogP contribution in [0.5, 0.6) is 0 Å². The van der Waals surface area contributed by atoms with Crippen LogP contribution in [0.3, 0.4) is 0 Å². The average molecular weight is 1740 g/mol. The zero-order valence-corrected chi connectivity index (χ0v) is 66.1. The van der Waals surface area contributed by atoms with Crippen molar-refractivity contribution in [3.05, 3.63) is 364 Å². The molecule has 0 fully saturated rings. The van der Waals surface area contributed by atoms with Gasteiger partial charge in [0, 0.05) is 31.7 Å². The van der Waals surface area contributed by atoms with E-state index in [1.54, 1.807) is 63.7 Å². The van der Waals surface area contributed by atoms with Gasteiger partial charge in [-0.3, -0.25) is 0 Å². The Morgan fingerprint density at radius 1 is 0.117 bits per heavy atom. The van der Waals surface area contributed by atoms with Crippen molar-refractivity contribution in [2.75, 3.05) is 73.9 Å². The van der Waals surface area contributed by atoms with Gasteiger partial charge in [-0.05, 0) is 146 Å². The van der Waals surface area contributed by atoms with E-state index in [0.717, 1.165) is 0 Å². The summed E-state index contributed by atoms with van der Waals surface area (Å²) >= 11 is 0.